The van der Waals surface area contributed by atoms with Crippen molar-refractivity contribution in [2.24, 2.45) is 0 Å². The molecular formula is C9H12N2O. The van der Waals surface area contributed by atoms with Crippen molar-refractivity contribution in [1.82, 2.24) is 4.98 Å². The van der Waals surface area contributed by atoms with E-state index >= 15 is 0 Å². The summed E-state index contributed by atoms with van der Waals surface area (Å²) in [4.78, 5) is 4.15. The Balaban J connectivity index is 2.23. The van der Waals surface area contributed by atoms with E-state index in [1.54, 1.807) is 6.20 Å². The smallest absolute Gasteiger partial charge is 0.168 e. The van der Waals surface area contributed by atoms with Crippen LogP contribution < -0.4 is 10.1 Å². The molecule has 1 aromatic heterocycles. The zero-order chi connectivity index (χ0) is 8.39. The first-order valence-electron chi connectivity index (χ1n) is 4.25. The van der Waals surface area contributed by atoms with Crippen molar-refractivity contribution in [3.8, 4) is 5.75 Å². The van der Waals surface area contributed by atoms with Crippen LogP contribution in [0.3, 0.4) is 0 Å². The van der Waals surface area contributed by atoms with E-state index in [0.29, 0.717) is 6.10 Å². The fraction of sp³-hybridized carbons (Fsp3) is 0.444. The summed E-state index contributed by atoms with van der Waals surface area (Å²) in [5, 5.41) is 3.23. The van der Waals surface area contributed by atoms with Crippen molar-refractivity contribution in [2.75, 3.05) is 11.9 Å². The van der Waals surface area contributed by atoms with Crippen molar-refractivity contribution in [3.63, 3.8) is 0 Å². The third-order valence-electron chi connectivity index (χ3n) is 2.02. The molecule has 0 fully saturated rings. The maximum atomic E-state index is 5.66. The molecule has 0 aromatic carbocycles. The van der Waals surface area contributed by atoms with Crippen LogP contribution in [0.1, 0.15) is 13.3 Å². The molecule has 1 N–H and O–H groups in total. The lowest BCUT2D eigenvalue weighted by molar-refractivity contribution is 0.200. The molecule has 2 heterocycles. The van der Waals surface area contributed by atoms with E-state index in [2.05, 4.69) is 17.2 Å². The summed E-state index contributed by atoms with van der Waals surface area (Å²) in [6.45, 7) is 2.98. The molecule has 1 aromatic rings. The number of hydrogen-bond donors (Lipinski definition) is 1. The average Bonchev–Trinajstić information content (AvgIpc) is 2.17. The van der Waals surface area contributed by atoms with E-state index in [0.717, 1.165) is 24.5 Å². The topological polar surface area (TPSA) is 34.2 Å². The molecule has 64 valence electrons. The van der Waals surface area contributed by atoms with Gasteiger partial charge in [0.15, 0.2) is 11.6 Å². The molecule has 3 heteroatoms. The van der Waals surface area contributed by atoms with E-state index < -0.39 is 0 Å². The first kappa shape index (κ1) is 7.40. The number of pyridine rings is 1. The van der Waals surface area contributed by atoms with Crippen molar-refractivity contribution in [3.05, 3.63) is 18.3 Å². The van der Waals surface area contributed by atoms with Crippen LogP contribution in [0.2, 0.25) is 0 Å². The third-order valence-corrected chi connectivity index (χ3v) is 2.02. The fourth-order valence-corrected chi connectivity index (χ4v) is 1.28. The van der Waals surface area contributed by atoms with Crippen LogP contribution in [-0.2, 0) is 0 Å². The van der Waals surface area contributed by atoms with Crippen LogP contribution in [0.15, 0.2) is 18.3 Å². The van der Waals surface area contributed by atoms with Crippen molar-refractivity contribution < 1.29 is 4.74 Å². The molecule has 1 aliphatic heterocycles. The second-order valence-electron chi connectivity index (χ2n) is 2.88. The normalized spacial score (nSPS) is 20.6. The van der Waals surface area contributed by atoms with E-state index in [1.807, 2.05) is 12.1 Å². The Kier molecular flexibility index (Phi) is 1.86. The monoisotopic (exact) mass is 164 g/mol. The summed E-state index contributed by atoms with van der Waals surface area (Å²) in [7, 11) is 0. The fourth-order valence-electron chi connectivity index (χ4n) is 1.28. The Morgan fingerprint density at radius 3 is 3.50 bits per heavy atom. The summed E-state index contributed by atoms with van der Waals surface area (Å²) in [5.41, 5.74) is 0. The molecule has 12 heavy (non-hydrogen) atoms. The van der Waals surface area contributed by atoms with Gasteiger partial charge in [-0.3, -0.25) is 0 Å². The second-order valence-corrected chi connectivity index (χ2v) is 2.88. The largest absolute Gasteiger partial charge is 0.485 e. The highest BCUT2D eigenvalue weighted by Gasteiger charge is 2.17. The Morgan fingerprint density at radius 1 is 1.75 bits per heavy atom. The highest BCUT2D eigenvalue weighted by molar-refractivity contribution is 5.51. The van der Waals surface area contributed by atoms with E-state index in [1.165, 1.54) is 0 Å². The average molecular weight is 164 g/mol. The van der Waals surface area contributed by atoms with Gasteiger partial charge >= 0.3 is 0 Å². The Morgan fingerprint density at radius 2 is 2.67 bits per heavy atom. The Labute approximate surface area is 71.8 Å². The van der Waals surface area contributed by atoms with Crippen LogP contribution in [0.4, 0.5) is 5.82 Å². The number of rotatable bonds is 1. The SMILES string of the molecule is CCC1CNc2ncccc2O1. The number of nitrogens with zero attached hydrogens (tertiary/aromatic N) is 1. The summed E-state index contributed by atoms with van der Waals surface area (Å²) >= 11 is 0. The van der Waals surface area contributed by atoms with Gasteiger partial charge in [0.25, 0.3) is 0 Å². The second kappa shape index (κ2) is 3.01. The number of aromatic nitrogens is 1. The van der Waals surface area contributed by atoms with Gasteiger partial charge in [0.1, 0.15) is 6.10 Å². The summed E-state index contributed by atoms with van der Waals surface area (Å²) < 4.78 is 5.66. The maximum absolute atomic E-state index is 5.66. The molecule has 0 saturated carbocycles. The third kappa shape index (κ3) is 1.22. The molecule has 2 rings (SSSR count). The van der Waals surface area contributed by atoms with Gasteiger partial charge in [0, 0.05) is 6.20 Å². The zero-order valence-corrected chi connectivity index (χ0v) is 7.08. The standard InChI is InChI=1S/C9H12N2O/c1-2-7-6-11-9-8(12-7)4-3-5-10-9/h3-5,7H,2,6H2,1H3,(H,10,11). The molecule has 0 aliphatic carbocycles. The van der Waals surface area contributed by atoms with Crippen molar-refractivity contribution in [2.45, 2.75) is 19.4 Å². The van der Waals surface area contributed by atoms with Gasteiger partial charge in [-0.15, -0.1) is 0 Å². The Hall–Kier alpha value is -1.25. The van der Waals surface area contributed by atoms with Crippen LogP contribution >= 0.6 is 0 Å². The predicted molar refractivity (Wildman–Crippen MR) is 47.4 cm³/mol. The van der Waals surface area contributed by atoms with Gasteiger partial charge in [0.2, 0.25) is 0 Å². The van der Waals surface area contributed by atoms with E-state index in [-0.39, 0.29) is 0 Å². The lowest BCUT2D eigenvalue weighted by Crippen LogP contribution is -2.30. The summed E-state index contributed by atoms with van der Waals surface area (Å²) in [6.07, 6.45) is 3.09. The Bertz CT molecular complexity index is 275. The minimum absolute atomic E-state index is 0.293. The maximum Gasteiger partial charge on any atom is 0.168 e. The molecule has 0 bridgehead atoms. The number of hydrogen-bond acceptors (Lipinski definition) is 3. The van der Waals surface area contributed by atoms with Gasteiger partial charge in [-0.05, 0) is 18.6 Å². The van der Waals surface area contributed by atoms with Crippen LogP contribution in [0.5, 0.6) is 5.75 Å². The van der Waals surface area contributed by atoms with Gasteiger partial charge < -0.3 is 10.1 Å². The molecule has 1 aliphatic rings. The highest BCUT2D eigenvalue weighted by Crippen LogP contribution is 2.26. The number of nitrogens with one attached hydrogen (secondary N) is 1. The lowest BCUT2D eigenvalue weighted by atomic mass is 10.2. The van der Waals surface area contributed by atoms with Crippen LogP contribution in [0, 0.1) is 0 Å². The number of fused-ring (bicyclic) bond motifs is 1. The zero-order valence-electron chi connectivity index (χ0n) is 7.08. The van der Waals surface area contributed by atoms with E-state index in [9.17, 15) is 0 Å². The molecule has 1 atom stereocenters. The minimum Gasteiger partial charge on any atom is -0.485 e. The lowest BCUT2D eigenvalue weighted by Gasteiger charge is -2.25. The molecule has 0 amide bonds. The molecular weight excluding hydrogens is 152 g/mol. The molecule has 0 spiro atoms. The molecule has 3 nitrogen and oxygen atoms in total. The molecule has 0 saturated heterocycles. The van der Waals surface area contributed by atoms with Gasteiger partial charge in [-0.1, -0.05) is 6.92 Å². The quantitative estimate of drug-likeness (QED) is 0.685. The first-order valence-corrected chi connectivity index (χ1v) is 4.25. The molecule has 0 radical (unpaired) electrons. The van der Waals surface area contributed by atoms with Crippen molar-refractivity contribution >= 4 is 5.82 Å². The first-order chi connectivity index (χ1) is 5.90. The van der Waals surface area contributed by atoms with Gasteiger partial charge in [0.05, 0.1) is 6.54 Å². The number of ether oxygens (including phenoxy) is 1. The minimum atomic E-state index is 0.293. The molecule has 1 unspecified atom stereocenters. The summed E-state index contributed by atoms with van der Waals surface area (Å²) in [5.74, 6) is 1.73. The van der Waals surface area contributed by atoms with E-state index in [4.69, 9.17) is 4.74 Å². The van der Waals surface area contributed by atoms with Crippen LogP contribution in [-0.4, -0.2) is 17.6 Å². The number of anilines is 1. The summed E-state index contributed by atoms with van der Waals surface area (Å²) in [6, 6.07) is 3.83. The highest BCUT2D eigenvalue weighted by atomic mass is 16.5. The van der Waals surface area contributed by atoms with Crippen LogP contribution in [0.25, 0.3) is 0 Å². The van der Waals surface area contributed by atoms with Gasteiger partial charge in [-0.25, -0.2) is 4.98 Å². The predicted octanol–water partition coefficient (Wildman–Crippen LogP) is 1.66. The van der Waals surface area contributed by atoms with Gasteiger partial charge in [-0.2, -0.15) is 0 Å². The van der Waals surface area contributed by atoms with Crippen molar-refractivity contribution in [1.29, 1.82) is 0 Å².